The van der Waals surface area contributed by atoms with Crippen LogP contribution in [0.2, 0.25) is 0 Å². The number of aryl methyl sites for hydroxylation is 1. The predicted octanol–water partition coefficient (Wildman–Crippen LogP) is 4.54. The minimum Gasteiger partial charge on any atom is -0.493 e. The van der Waals surface area contributed by atoms with Crippen molar-refractivity contribution in [2.24, 2.45) is 0 Å². The molecule has 3 aromatic rings. The molecule has 1 amide bonds. The molecule has 0 aliphatic carbocycles. The van der Waals surface area contributed by atoms with Crippen LogP contribution in [0.3, 0.4) is 0 Å². The molecule has 0 atom stereocenters. The average molecular weight is 398 g/mol. The number of amides is 1. The van der Waals surface area contributed by atoms with Crippen LogP contribution >= 0.6 is 11.3 Å². The van der Waals surface area contributed by atoms with Gasteiger partial charge in [-0.15, -0.1) is 0 Å². The number of aromatic nitrogens is 1. The van der Waals surface area contributed by atoms with Crippen molar-refractivity contribution in [2.45, 2.75) is 13.3 Å². The first-order valence-electron chi connectivity index (χ1n) is 8.76. The molecule has 0 unspecified atom stereocenters. The highest BCUT2D eigenvalue weighted by atomic mass is 32.1. The number of nitrogens with zero attached hydrogens (tertiary/aromatic N) is 1. The van der Waals surface area contributed by atoms with Crippen LogP contribution in [0.5, 0.6) is 17.2 Å². The van der Waals surface area contributed by atoms with Gasteiger partial charge in [-0.25, -0.2) is 4.98 Å². The summed E-state index contributed by atoms with van der Waals surface area (Å²) in [5.74, 6) is 1.30. The number of anilines is 1. The molecular weight excluding hydrogens is 376 g/mol. The van der Waals surface area contributed by atoms with Gasteiger partial charge in [0.15, 0.2) is 16.6 Å². The largest absolute Gasteiger partial charge is 0.493 e. The number of benzene rings is 2. The normalized spacial score (nSPS) is 11.0. The number of thiazole rings is 1. The molecular formula is C21H22N2O4S. The fraction of sp³-hybridized carbons (Fsp3) is 0.238. The number of carbonyl (C=O) groups is 1. The van der Waals surface area contributed by atoms with Gasteiger partial charge >= 0.3 is 0 Å². The summed E-state index contributed by atoms with van der Waals surface area (Å²) in [7, 11) is 4.65. The second-order valence-electron chi connectivity index (χ2n) is 5.96. The molecule has 0 saturated carbocycles. The number of ether oxygens (including phenoxy) is 3. The van der Waals surface area contributed by atoms with Gasteiger partial charge in [-0.2, -0.15) is 0 Å². The smallest absolute Gasteiger partial charge is 0.250 e. The van der Waals surface area contributed by atoms with Gasteiger partial charge in [0.05, 0.1) is 31.5 Å². The number of nitrogens with one attached hydrogen (secondary N) is 1. The van der Waals surface area contributed by atoms with Crippen molar-refractivity contribution in [1.29, 1.82) is 0 Å². The van der Waals surface area contributed by atoms with Crippen LogP contribution in [-0.4, -0.2) is 32.2 Å². The lowest BCUT2D eigenvalue weighted by Crippen LogP contribution is -2.07. The Hall–Kier alpha value is -3.06. The number of fused-ring (bicyclic) bond motifs is 1. The molecule has 0 radical (unpaired) electrons. The standard InChI is InChI=1S/C21H22N2O4S/c1-5-13-6-8-15-18(12-13)28-21(22-15)23-19(24)9-7-14-10-16(25-2)20(27-4)17(11-14)26-3/h6-12H,5H2,1-4H3,(H,22,23,24)/b9-7+. The molecule has 0 bridgehead atoms. The third kappa shape index (κ3) is 4.26. The van der Waals surface area contributed by atoms with Gasteiger partial charge in [0, 0.05) is 6.08 Å². The van der Waals surface area contributed by atoms with Crippen molar-refractivity contribution in [3.8, 4) is 17.2 Å². The van der Waals surface area contributed by atoms with Gasteiger partial charge in [0.25, 0.3) is 0 Å². The molecule has 0 fully saturated rings. The Morgan fingerprint density at radius 2 is 1.82 bits per heavy atom. The molecule has 146 valence electrons. The van der Waals surface area contributed by atoms with Crippen molar-refractivity contribution in [2.75, 3.05) is 26.6 Å². The first-order valence-corrected chi connectivity index (χ1v) is 9.58. The minimum absolute atomic E-state index is 0.261. The lowest BCUT2D eigenvalue weighted by molar-refractivity contribution is -0.111. The zero-order valence-corrected chi connectivity index (χ0v) is 17.1. The molecule has 0 spiro atoms. The summed E-state index contributed by atoms with van der Waals surface area (Å²) in [5, 5.41) is 3.39. The fourth-order valence-corrected chi connectivity index (χ4v) is 3.69. The van der Waals surface area contributed by atoms with Gasteiger partial charge in [-0.3, -0.25) is 10.1 Å². The SMILES string of the molecule is CCc1ccc2nc(NC(=O)/C=C/c3cc(OC)c(OC)c(OC)c3)sc2c1. The second-order valence-corrected chi connectivity index (χ2v) is 6.99. The molecule has 1 N–H and O–H groups in total. The third-order valence-corrected chi connectivity index (χ3v) is 5.14. The number of hydrogen-bond acceptors (Lipinski definition) is 6. The van der Waals surface area contributed by atoms with E-state index in [1.165, 1.54) is 23.0 Å². The maximum Gasteiger partial charge on any atom is 0.250 e. The topological polar surface area (TPSA) is 69.7 Å². The van der Waals surface area contributed by atoms with Crippen molar-refractivity contribution >= 4 is 38.7 Å². The van der Waals surface area contributed by atoms with E-state index in [2.05, 4.69) is 29.4 Å². The van der Waals surface area contributed by atoms with Crippen LogP contribution in [-0.2, 0) is 11.2 Å². The van der Waals surface area contributed by atoms with E-state index in [4.69, 9.17) is 14.2 Å². The van der Waals surface area contributed by atoms with Crippen LogP contribution < -0.4 is 19.5 Å². The Kier molecular flexibility index (Phi) is 6.16. The van der Waals surface area contributed by atoms with E-state index in [1.807, 2.05) is 6.07 Å². The molecule has 6 nitrogen and oxygen atoms in total. The summed E-state index contributed by atoms with van der Waals surface area (Å²) in [6.07, 6.45) is 4.10. The third-order valence-electron chi connectivity index (χ3n) is 4.21. The number of rotatable bonds is 7. The summed E-state index contributed by atoms with van der Waals surface area (Å²) in [5.41, 5.74) is 2.88. The average Bonchev–Trinajstić information content (AvgIpc) is 3.12. The maximum atomic E-state index is 12.3. The van der Waals surface area contributed by atoms with Gasteiger partial charge in [-0.1, -0.05) is 24.3 Å². The summed E-state index contributed by atoms with van der Waals surface area (Å²) in [6.45, 7) is 2.11. The van der Waals surface area contributed by atoms with E-state index in [0.29, 0.717) is 22.4 Å². The number of hydrogen-bond donors (Lipinski definition) is 1. The van der Waals surface area contributed by atoms with E-state index in [-0.39, 0.29) is 5.91 Å². The highest BCUT2D eigenvalue weighted by Gasteiger charge is 2.12. The molecule has 0 aliphatic heterocycles. The van der Waals surface area contributed by atoms with Gasteiger partial charge in [0.2, 0.25) is 11.7 Å². The first-order chi connectivity index (χ1) is 13.6. The van der Waals surface area contributed by atoms with E-state index in [1.54, 1.807) is 39.5 Å². The monoisotopic (exact) mass is 398 g/mol. The predicted molar refractivity (Wildman–Crippen MR) is 113 cm³/mol. The van der Waals surface area contributed by atoms with Crippen molar-refractivity contribution in [1.82, 2.24) is 4.98 Å². The van der Waals surface area contributed by atoms with Gasteiger partial charge < -0.3 is 14.2 Å². The number of methoxy groups -OCH3 is 3. The van der Waals surface area contributed by atoms with Gasteiger partial charge in [-0.05, 0) is 47.9 Å². The quantitative estimate of drug-likeness (QED) is 0.592. The fourth-order valence-electron chi connectivity index (χ4n) is 2.76. The molecule has 1 aromatic heterocycles. The van der Waals surface area contributed by atoms with Crippen LogP contribution in [0.4, 0.5) is 5.13 Å². The van der Waals surface area contributed by atoms with E-state index < -0.39 is 0 Å². The van der Waals surface area contributed by atoms with Gasteiger partial charge in [0.1, 0.15) is 0 Å². The van der Waals surface area contributed by atoms with E-state index >= 15 is 0 Å². The molecule has 3 rings (SSSR count). The van der Waals surface area contributed by atoms with Crippen molar-refractivity contribution < 1.29 is 19.0 Å². The zero-order valence-electron chi connectivity index (χ0n) is 16.2. The Morgan fingerprint density at radius 1 is 1.11 bits per heavy atom. The van der Waals surface area contributed by atoms with Crippen LogP contribution in [0, 0.1) is 0 Å². The van der Waals surface area contributed by atoms with Crippen molar-refractivity contribution in [3.05, 3.63) is 47.5 Å². The molecule has 0 saturated heterocycles. The summed E-state index contributed by atoms with van der Waals surface area (Å²) < 4.78 is 17.0. The zero-order chi connectivity index (χ0) is 20.1. The van der Waals surface area contributed by atoms with Crippen molar-refractivity contribution in [3.63, 3.8) is 0 Å². The van der Waals surface area contributed by atoms with E-state index in [0.717, 1.165) is 22.2 Å². The Balaban J connectivity index is 1.76. The van der Waals surface area contributed by atoms with E-state index in [9.17, 15) is 4.79 Å². The second kappa shape index (κ2) is 8.75. The maximum absolute atomic E-state index is 12.3. The van der Waals surface area contributed by atoms with Crippen LogP contribution in [0.25, 0.3) is 16.3 Å². The molecule has 28 heavy (non-hydrogen) atoms. The highest BCUT2D eigenvalue weighted by Crippen LogP contribution is 2.38. The lowest BCUT2D eigenvalue weighted by atomic mass is 10.1. The van der Waals surface area contributed by atoms with Crippen LogP contribution in [0.15, 0.2) is 36.4 Å². The molecule has 7 heteroatoms. The molecule has 1 heterocycles. The Morgan fingerprint density at radius 3 is 2.43 bits per heavy atom. The summed E-state index contributed by atoms with van der Waals surface area (Å²) in [6, 6.07) is 9.68. The Bertz CT molecular complexity index is 1000. The number of carbonyl (C=O) groups excluding carboxylic acids is 1. The summed E-state index contributed by atoms with van der Waals surface area (Å²) in [4.78, 5) is 16.8. The molecule has 2 aromatic carbocycles. The lowest BCUT2D eigenvalue weighted by Gasteiger charge is -2.12. The first kappa shape index (κ1) is 19.7. The molecule has 0 aliphatic rings. The summed E-state index contributed by atoms with van der Waals surface area (Å²) >= 11 is 1.46. The Labute approximate surface area is 167 Å². The highest BCUT2D eigenvalue weighted by molar-refractivity contribution is 7.22. The van der Waals surface area contributed by atoms with Crippen LogP contribution in [0.1, 0.15) is 18.1 Å². The minimum atomic E-state index is -0.261.